The van der Waals surface area contributed by atoms with Crippen LogP contribution in [0.15, 0.2) is 18.2 Å². The molecule has 0 bridgehead atoms. The SMILES string of the molecule is Cc1ccc([Si]2O[Si]O[Si]O[Si]O2)c(C)c1. The minimum Gasteiger partial charge on any atom is -0.412 e. The predicted octanol–water partition coefficient (Wildman–Crippen LogP) is -0.319. The summed E-state index contributed by atoms with van der Waals surface area (Å²) in [5, 5.41) is 1.13. The van der Waals surface area contributed by atoms with Gasteiger partial charge in [-0.3, -0.25) is 0 Å². The molecule has 0 amide bonds. The lowest BCUT2D eigenvalue weighted by Gasteiger charge is -2.18. The van der Waals surface area contributed by atoms with Crippen LogP contribution in [-0.2, 0) is 16.5 Å². The zero-order chi connectivity index (χ0) is 11.4. The molecular weight excluding hydrogens is 272 g/mol. The molecule has 1 aromatic rings. The van der Waals surface area contributed by atoms with E-state index in [-0.39, 0.29) is 30.0 Å². The third-order valence-electron chi connectivity index (χ3n) is 2.04. The maximum absolute atomic E-state index is 5.61. The van der Waals surface area contributed by atoms with Crippen LogP contribution in [0.3, 0.4) is 0 Å². The molecule has 1 aromatic carbocycles. The molecule has 0 spiro atoms. The summed E-state index contributed by atoms with van der Waals surface area (Å²) in [4.78, 5) is 0. The monoisotopic (exact) mass is 281 g/mol. The summed E-state index contributed by atoms with van der Waals surface area (Å²) >= 11 is 0. The van der Waals surface area contributed by atoms with E-state index in [0.29, 0.717) is 0 Å². The lowest BCUT2D eigenvalue weighted by Crippen LogP contribution is -2.43. The summed E-state index contributed by atoms with van der Waals surface area (Å²) in [6.07, 6.45) is 0. The highest BCUT2D eigenvalue weighted by atomic mass is 28.4. The van der Waals surface area contributed by atoms with Crippen LogP contribution in [0.4, 0.5) is 0 Å². The Morgan fingerprint density at radius 1 is 1.00 bits per heavy atom. The third kappa shape index (κ3) is 3.21. The van der Waals surface area contributed by atoms with Crippen LogP contribution in [0.25, 0.3) is 0 Å². The fourth-order valence-electron chi connectivity index (χ4n) is 1.35. The van der Waals surface area contributed by atoms with E-state index >= 15 is 0 Å². The quantitative estimate of drug-likeness (QED) is 0.661. The first-order valence-electron chi connectivity index (χ1n) is 4.62. The Balaban J connectivity index is 2.14. The lowest BCUT2D eigenvalue weighted by molar-refractivity contribution is 0.337. The standard InChI is InChI=1S/C8H9O4Si4/c1-6-3-4-8(7(2)5-6)16-11-14-9-13-10-15-12-16/h3-5H,1-2H3. The van der Waals surface area contributed by atoms with Gasteiger partial charge in [-0.2, -0.15) is 0 Å². The molecule has 1 saturated heterocycles. The van der Waals surface area contributed by atoms with Crippen molar-refractivity contribution in [2.24, 2.45) is 0 Å². The molecule has 0 aliphatic carbocycles. The normalized spacial score (nSPS) is 19.1. The van der Waals surface area contributed by atoms with Crippen LogP contribution in [0, 0.1) is 13.8 Å². The molecule has 1 fully saturated rings. The average molecular weight is 282 g/mol. The van der Waals surface area contributed by atoms with Gasteiger partial charge < -0.3 is 16.5 Å². The summed E-state index contributed by atoms with van der Waals surface area (Å²) in [6, 6.07) is 6.27. The van der Waals surface area contributed by atoms with E-state index in [2.05, 4.69) is 32.0 Å². The zero-order valence-electron chi connectivity index (χ0n) is 8.87. The van der Waals surface area contributed by atoms with Crippen LogP contribution in [0.1, 0.15) is 11.1 Å². The number of hydrogen-bond donors (Lipinski definition) is 0. The van der Waals surface area contributed by atoms with E-state index in [1.807, 2.05) is 0 Å². The number of rotatable bonds is 1. The Kier molecular flexibility index (Phi) is 4.66. The Morgan fingerprint density at radius 2 is 1.69 bits per heavy atom. The molecule has 0 aromatic heterocycles. The highest BCUT2D eigenvalue weighted by Crippen LogP contribution is 2.03. The van der Waals surface area contributed by atoms with Gasteiger partial charge in [0.15, 0.2) is 0 Å². The summed E-state index contributed by atoms with van der Waals surface area (Å²) in [6.45, 7) is 4.14. The Hall–Kier alpha value is -0.0725. The summed E-state index contributed by atoms with van der Waals surface area (Å²) < 4.78 is 21.5. The first kappa shape index (κ1) is 12.4. The van der Waals surface area contributed by atoms with E-state index in [0.717, 1.165) is 5.19 Å². The number of benzene rings is 1. The third-order valence-corrected chi connectivity index (χ3v) is 6.52. The van der Waals surface area contributed by atoms with Crippen molar-refractivity contribution >= 4 is 44.5 Å². The summed E-state index contributed by atoms with van der Waals surface area (Å²) in [5.74, 6) is 0. The van der Waals surface area contributed by atoms with Crippen LogP contribution in [0.5, 0.6) is 0 Å². The molecule has 8 heteroatoms. The fraction of sp³-hybridized carbons (Fsp3) is 0.250. The Bertz CT molecular complexity index is 354. The highest BCUT2D eigenvalue weighted by Gasteiger charge is 2.24. The molecule has 4 nitrogen and oxygen atoms in total. The van der Waals surface area contributed by atoms with Gasteiger partial charge in [0.1, 0.15) is 0 Å². The van der Waals surface area contributed by atoms with Crippen molar-refractivity contribution in [2.45, 2.75) is 13.8 Å². The molecule has 0 N–H and O–H groups in total. The van der Waals surface area contributed by atoms with Gasteiger partial charge in [0, 0.05) is 0 Å². The second kappa shape index (κ2) is 6.02. The van der Waals surface area contributed by atoms with Crippen LogP contribution >= 0.6 is 0 Å². The first-order chi connectivity index (χ1) is 7.77. The van der Waals surface area contributed by atoms with E-state index in [1.54, 1.807) is 0 Å². The predicted molar refractivity (Wildman–Crippen MR) is 62.9 cm³/mol. The second-order valence-corrected chi connectivity index (χ2v) is 8.14. The second-order valence-electron chi connectivity index (χ2n) is 3.26. The molecule has 1 heterocycles. The number of hydrogen-bond acceptors (Lipinski definition) is 4. The van der Waals surface area contributed by atoms with Gasteiger partial charge in [-0.05, 0) is 24.6 Å². The minimum atomic E-state index is -1.45. The van der Waals surface area contributed by atoms with Crippen molar-refractivity contribution in [1.82, 2.24) is 0 Å². The molecule has 7 radical (unpaired) electrons. The van der Waals surface area contributed by atoms with E-state index in [4.69, 9.17) is 16.5 Å². The van der Waals surface area contributed by atoms with Crippen molar-refractivity contribution in [1.29, 1.82) is 0 Å². The maximum Gasteiger partial charge on any atom is 0.413 e. The molecule has 0 atom stereocenters. The average Bonchev–Trinajstić information content (AvgIpc) is 2.19. The highest BCUT2D eigenvalue weighted by molar-refractivity contribution is 6.70. The summed E-state index contributed by atoms with van der Waals surface area (Å²) in [5.41, 5.74) is 2.44. The lowest BCUT2D eigenvalue weighted by atomic mass is 10.2. The van der Waals surface area contributed by atoms with Crippen LogP contribution in [-0.4, -0.2) is 39.3 Å². The van der Waals surface area contributed by atoms with Gasteiger partial charge in [-0.15, -0.1) is 0 Å². The van der Waals surface area contributed by atoms with Crippen LogP contribution < -0.4 is 5.19 Å². The molecule has 0 unspecified atom stereocenters. The van der Waals surface area contributed by atoms with E-state index < -0.39 is 9.28 Å². The summed E-state index contributed by atoms with van der Waals surface area (Å²) in [7, 11) is -1.42. The van der Waals surface area contributed by atoms with E-state index in [1.165, 1.54) is 11.1 Å². The van der Waals surface area contributed by atoms with Gasteiger partial charge in [0.05, 0.1) is 0 Å². The van der Waals surface area contributed by atoms with Gasteiger partial charge in [0.2, 0.25) is 0 Å². The molecule has 1 aliphatic rings. The van der Waals surface area contributed by atoms with Gasteiger partial charge in [0.25, 0.3) is 0 Å². The minimum absolute atomic E-state index is 0.00182. The molecule has 0 saturated carbocycles. The fourth-order valence-corrected chi connectivity index (χ4v) is 5.88. The molecule has 2 rings (SSSR count). The smallest absolute Gasteiger partial charge is 0.412 e. The van der Waals surface area contributed by atoms with Crippen molar-refractivity contribution < 1.29 is 16.5 Å². The molecule has 1 aliphatic heterocycles. The Morgan fingerprint density at radius 3 is 2.31 bits per heavy atom. The Labute approximate surface area is 104 Å². The van der Waals surface area contributed by atoms with Gasteiger partial charge in [-0.1, -0.05) is 23.8 Å². The topological polar surface area (TPSA) is 36.9 Å². The number of aryl methyl sites for hydroxylation is 2. The van der Waals surface area contributed by atoms with Gasteiger partial charge >= 0.3 is 39.3 Å². The molecule has 81 valence electrons. The molecule has 16 heavy (non-hydrogen) atoms. The van der Waals surface area contributed by atoms with Gasteiger partial charge in [-0.25, -0.2) is 0 Å². The van der Waals surface area contributed by atoms with Crippen molar-refractivity contribution in [3.63, 3.8) is 0 Å². The van der Waals surface area contributed by atoms with Crippen molar-refractivity contribution in [3.8, 4) is 0 Å². The largest absolute Gasteiger partial charge is 0.413 e. The van der Waals surface area contributed by atoms with E-state index in [9.17, 15) is 0 Å². The first-order valence-corrected chi connectivity index (χ1v) is 8.39. The van der Waals surface area contributed by atoms with Crippen LogP contribution in [0.2, 0.25) is 0 Å². The zero-order valence-corrected chi connectivity index (χ0v) is 12.9. The molecular formula is C8H9O4Si4. The van der Waals surface area contributed by atoms with Crippen molar-refractivity contribution in [2.75, 3.05) is 0 Å². The maximum atomic E-state index is 5.61. The van der Waals surface area contributed by atoms with Crippen molar-refractivity contribution in [3.05, 3.63) is 29.3 Å².